The van der Waals surface area contributed by atoms with Crippen molar-refractivity contribution in [3.8, 4) is 0 Å². The fourth-order valence-electron chi connectivity index (χ4n) is 1.30. The molecule has 0 spiro atoms. The van der Waals surface area contributed by atoms with Crippen LogP contribution in [0.3, 0.4) is 0 Å². The van der Waals surface area contributed by atoms with Gasteiger partial charge in [-0.05, 0) is 26.8 Å². The van der Waals surface area contributed by atoms with E-state index in [1.54, 1.807) is 0 Å². The summed E-state index contributed by atoms with van der Waals surface area (Å²) in [5.74, 6) is 0. The number of non-ortho nitro benzene ring substituents is 1. The second-order valence-corrected chi connectivity index (χ2v) is 6.93. The number of benzene rings is 1. The molecule has 0 aliphatic rings. The van der Waals surface area contributed by atoms with Crippen LogP contribution in [0.25, 0.3) is 0 Å². The van der Waals surface area contributed by atoms with Crippen molar-refractivity contribution in [1.29, 1.82) is 0 Å². The summed E-state index contributed by atoms with van der Waals surface area (Å²) in [6.07, 6.45) is -0.963. The van der Waals surface area contributed by atoms with Gasteiger partial charge in [0.15, 0.2) is 0 Å². The van der Waals surface area contributed by atoms with Gasteiger partial charge in [0.25, 0.3) is 5.69 Å². The maximum absolute atomic E-state index is 12.2. The Balaban J connectivity index is 3.29. The van der Waals surface area contributed by atoms with Gasteiger partial charge < -0.3 is 5.11 Å². The molecule has 1 unspecified atom stereocenters. The highest BCUT2D eigenvalue weighted by atomic mass is 35.5. The lowest BCUT2D eigenvalue weighted by molar-refractivity contribution is -0.385. The zero-order valence-electron chi connectivity index (χ0n) is 11.1. The summed E-state index contributed by atoms with van der Waals surface area (Å²) in [4.78, 5) is 9.58. The van der Waals surface area contributed by atoms with E-state index in [1.165, 1.54) is 20.8 Å². The third kappa shape index (κ3) is 3.66. The summed E-state index contributed by atoms with van der Waals surface area (Å²) in [7, 11) is -4.10. The molecule has 0 fully saturated rings. The Bertz CT molecular complexity index is 628. The molecule has 0 aliphatic carbocycles. The highest BCUT2D eigenvalue weighted by Crippen LogP contribution is 2.27. The van der Waals surface area contributed by atoms with Crippen LogP contribution in [-0.2, 0) is 10.0 Å². The molecule has 0 radical (unpaired) electrons. The number of rotatable bonds is 5. The van der Waals surface area contributed by atoms with Gasteiger partial charge in [0.2, 0.25) is 10.0 Å². The average molecular weight is 323 g/mol. The van der Waals surface area contributed by atoms with Crippen molar-refractivity contribution in [2.75, 3.05) is 0 Å². The molecule has 0 amide bonds. The Morgan fingerprint density at radius 1 is 1.45 bits per heavy atom. The van der Waals surface area contributed by atoms with Crippen molar-refractivity contribution < 1.29 is 18.4 Å². The predicted octanol–water partition coefficient (Wildman–Crippen LogP) is 1.69. The predicted molar refractivity (Wildman–Crippen MR) is 74.2 cm³/mol. The lowest BCUT2D eigenvalue weighted by Gasteiger charge is -2.29. The molecule has 20 heavy (non-hydrogen) atoms. The molecule has 1 aromatic carbocycles. The van der Waals surface area contributed by atoms with Gasteiger partial charge in [-0.1, -0.05) is 11.6 Å². The van der Waals surface area contributed by atoms with Crippen LogP contribution < -0.4 is 4.72 Å². The Hall–Kier alpha value is -1.22. The van der Waals surface area contributed by atoms with Crippen LogP contribution >= 0.6 is 11.6 Å². The second kappa shape index (κ2) is 5.65. The summed E-state index contributed by atoms with van der Waals surface area (Å²) in [5.41, 5.74) is -1.53. The van der Waals surface area contributed by atoms with E-state index < -0.39 is 31.5 Å². The number of halogens is 1. The van der Waals surface area contributed by atoms with Gasteiger partial charge in [-0.25, -0.2) is 13.1 Å². The number of sulfonamides is 1. The number of nitro benzene ring substituents is 1. The average Bonchev–Trinajstić information content (AvgIpc) is 2.27. The molecule has 0 saturated heterocycles. The molecule has 0 bridgehead atoms. The van der Waals surface area contributed by atoms with Crippen LogP contribution in [0.1, 0.15) is 20.8 Å². The zero-order valence-corrected chi connectivity index (χ0v) is 12.7. The minimum Gasteiger partial charge on any atom is -0.391 e. The van der Waals surface area contributed by atoms with Crippen LogP contribution in [0.2, 0.25) is 5.02 Å². The van der Waals surface area contributed by atoms with Crippen LogP contribution in [0.4, 0.5) is 5.69 Å². The SMILES string of the molecule is CC(O)C(C)(C)NS(=O)(=O)c1cc([N+](=O)[O-])ccc1Cl. The molecule has 1 rings (SSSR count). The van der Waals surface area contributed by atoms with Gasteiger partial charge in [0.1, 0.15) is 4.90 Å². The lowest BCUT2D eigenvalue weighted by atomic mass is 10.0. The number of hydrogen-bond acceptors (Lipinski definition) is 5. The number of hydrogen-bond donors (Lipinski definition) is 2. The molecule has 9 heteroatoms. The van der Waals surface area contributed by atoms with E-state index >= 15 is 0 Å². The maximum atomic E-state index is 12.2. The fourth-order valence-corrected chi connectivity index (χ4v) is 3.29. The first-order valence-corrected chi connectivity index (χ1v) is 7.49. The van der Waals surface area contributed by atoms with E-state index in [4.69, 9.17) is 11.6 Å². The van der Waals surface area contributed by atoms with E-state index in [0.717, 1.165) is 18.2 Å². The Morgan fingerprint density at radius 3 is 2.45 bits per heavy atom. The molecule has 1 aromatic rings. The maximum Gasteiger partial charge on any atom is 0.270 e. The molecule has 2 N–H and O–H groups in total. The first kappa shape index (κ1) is 16.8. The number of aliphatic hydroxyl groups is 1. The smallest absolute Gasteiger partial charge is 0.270 e. The van der Waals surface area contributed by atoms with Gasteiger partial charge >= 0.3 is 0 Å². The van der Waals surface area contributed by atoms with Crippen molar-refractivity contribution in [3.63, 3.8) is 0 Å². The normalized spacial score (nSPS) is 14.1. The summed E-state index contributed by atoms with van der Waals surface area (Å²) >= 11 is 5.79. The third-order valence-electron chi connectivity index (χ3n) is 2.86. The molecule has 0 aromatic heterocycles. The topological polar surface area (TPSA) is 110 Å². The van der Waals surface area contributed by atoms with E-state index in [-0.39, 0.29) is 10.7 Å². The van der Waals surface area contributed by atoms with E-state index in [0.29, 0.717) is 0 Å². The monoisotopic (exact) mass is 322 g/mol. The van der Waals surface area contributed by atoms with Gasteiger partial charge in [-0.3, -0.25) is 10.1 Å². The number of nitrogens with zero attached hydrogens (tertiary/aromatic N) is 1. The molecule has 0 heterocycles. The van der Waals surface area contributed by atoms with E-state index in [2.05, 4.69) is 4.72 Å². The quantitative estimate of drug-likeness (QED) is 0.633. The second-order valence-electron chi connectivity index (χ2n) is 4.87. The zero-order chi connectivity index (χ0) is 15.7. The van der Waals surface area contributed by atoms with Gasteiger partial charge in [0.05, 0.1) is 21.6 Å². The Kier molecular flexibility index (Phi) is 4.75. The summed E-state index contributed by atoms with van der Waals surface area (Å²) in [6, 6.07) is 3.13. The molecular weight excluding hydrogens is 308 g/mol. The van der Waals surface area contributed by atoms with Gasteiger partial charge in [0, 0.05) is 12.1 Å². The van der Waals surface area contributed by atoms with Crippen molar-refractivity contribution >= 4 is 27.3 Å². The number of aliphatic hydroxyl groups excluding tert-OH is 1. The van der Waals surface area contributed by atoms with Crippen LogP contribution in [0.5, 0.6) is 0 Å². The summed E-state index contributed by atoms with van der Waals surface area (Å²) < 4.78 is 26.7. The van der Waals surface area contributed by atoms with Crippen LogP contribution in [0.15, 0.2) is 23.1 Å². The summed E-state index contributed by atoms with van der Waals surface area (Å²) in [5, 5.41) is 20.1. The molecule has 0 aliphatic heterocycles. The molecule has 7 nitrogen and oxygen atoms in total. The van der Waals surface area contributed by atoms with E-state index in [9.17, 15) is 23.6 Å². The molecular formula is C11H15ClN2O5S. The van der Waals surface area contributed by atoms with Crippen molar-refractivity contribution in [1.82, 2.24) is 4.72 Å². The minimum atomic E-state index is -4.10. The molecule has 1 atom stereocenters. The summed E-state index contributed by atoms with van der Waals surface area (Å²) in [6.45, 7) is 4.40. The molecule has 112 valence electrons. The van der Waals surface area contributed by atoms with Crippen molar-refractivity contribution in [2.24, 2.45) is 0 Å². The molecule has 0 saturated carbocycles. The van der Waals surface area contributed by atoms with Gasteiger partial charge in [-0.2, -0.15) is 0 Å². The van der Waals surface area contributed by atoms with Crippen molar-refractivity contribution in [3.05, 3.63) is 33.3 Å². The lowest BCUT2D eigenvalue weighted by Crippen LogP contribution is -2.50. The standard InChI is InChI=1S/C11H15ClN2O5S/c1-7(15)11(2,3)13-20(18,19)10-6-8(14(16)17)4-5-9(10)12/h4-7,13,15H,1-3H3. The first-order chi connectivity index (χ1) is 8.97. The van der Waals surface area contributed by atoms with Gasteiger partial charge in [-0.15, -0.1) is 0 Å². The minimum absolute atomic E-state index is 0.135. The number of nitro groups is 1. The largest absolute Gasteiger partial charge is 0.391 e. The fraction of sp³-hybridized carbons (Fsp3) is 0.455. The van der Waals surface area contributed by atoms with Crippen LogP contribution in [-0.4, -0.2) is 30.1 Å². The highest BCUT2D eigenvalue weighted by molar-refractivity contribution is 7.89. The van der Waals surface area contributed by atoms with Crippen LogP contribution in [0, 0.1) is 10.1 Å². The first-order valence-electron chi connectivity index (χ1n) is 5.63. The Labute approximate surface area is 121 Å². The highest BCUT2D eigenvalue weighted by Gasteiger charge is 2.32. The number of nitrogens with one attached hydrogen (secondary N) is 1. The third-order valence-corrected chi connectivity index (χ3v) is 5.01. The van der Waals surface area contributed by atoms with E-state index in [1.807, 2.05) is 0 Å². The Morgan fingerprint density at radius 2 is 2.00 bits per heavy atom. The van der Waals surface area contributed by atoms with Crippen molar-refractivity contribution in [2.45, 2.75) is 37.3 Å².